The van der Waals surface area contributed by atoms with Gasteiger partial charge in [0.05, 0.1) is 10.7 Å². The van der Waals surface area contributed by atoms with Crippen LogP contribution in [0.5, 0.6) is 0 Å². The Kier molecular flexibility index (Phi) is 4.38. The maximum atomic E-state index is 13.2. The van der Waals surface area contributed by atoms with E-state index < -0.39 is 11.6 Å². The molecule has 0 spiro atoms. The van der Waals surface area contributed by atoms with Gasteiger partial charge in [-0.2, -0.15) is 0 Å². The molecular formula is C11H10ClF2N. The summed E-state index contributed by atoms with van der Waals surface area (Å²) in [5, 5.41) is 2.81. The first kappa shape index (κ1) is 11.8. The lowest BCUT2D eigenvalue weighted by Crippen LogP contribution is -2.04. The Morgan fingerprint density at radius 1 is 1.40 bits per heavy atom. The maximum absolute atomic E-state index is 13.2. The lowest BCUT2D eigenvalue weighted by Gasteiger charge is -2.08. The van der Waals surface area contributed by atoms with Crippen LogP contribution in [-0.4, -0.2) is 6.54 Å². The summed E-state index contributed by atoms with van der Waals surface area (Å²) in [5.41, 5.74) is 0.120. The van der Waals surface area contributed by atoms with Crippen LogP contribution in [0.3, 0.4) is 0 Å². The van der Waals surface area contributed by atoms with E-state index in [-0.39, 0.29) is 10.7 Å². The van der Waals surface area contributed by atoms with Crippen molar-refractivity contribution < 1.29 is 8.78 Å². The molecule has 0 aliphatic rings. The topological polar surface area (TPSA) is 12.0 Å². The number of unbranched alkanes of at least 4 members (excludes halogenated alkanes) is 1. The van der Waals surface area contributed by atoms with E-state index in [1.54, 1.807) is 0 Å². The standard InChI is InChI=1S/C11H10ClF2N/c1-2-3-4-5-15-11-9(12)6-8(13)7-10(11)14/h1,6-7,15H,3-5H2. The highest BCUT2D eigenvalue weighted by Crippen LogP contribution is 2.26. The van der Waals surface area contributed by atoms with Gasteiger partial charge in [-0.15, -0.1) is 12.3 Å². The minimum atomic E-state index is -0.694. The smallest absolute Gasteiger partial charge is 0.150 e. The molecule has 0 aliphatic heterocycles. The Balaban J connectivity index is 2.65. The third-order valence-corrected chi connectivity index (χ3v) is 2.10. The Labute approximate surface area is 92.4 Å². The van der Waals surface area contributed by atoms with Gasteiger partial charge in [0.25, 0.3) is 0 Å². The van der Waals surface area contributed by atoms with Crippen molar-refractivity contribution in [3.8, 4) is 12.3 Å². The highest BCUT2D eigenvalue weighted by atomic mass is 35.5. The zero-order valence-electron chi connectivity index (χ0n) is 7.99. The van der Waals surface area contributed by atoms with Crippen molar-refractivity contribution in [1.82, 2.24) is 0 Å². The fourth-order valence-electron chi connectivity index (χ4n) is 1.11. The highest BCUT2D eigenvalue weighted by Gasteiger charge is 2.08. The van der Waals surface area contributed by atoms with E-state index in [0.717, 1.165) is 12.1 Å². The van der Waals surface area contributed by atoms with Crippen LogP contribution in [-0.2, 0) is 0 Å². The van der Waals surface area contributed by atoms with E-state index in [1.165, 1.54) is 0 Å². The molecule has 1 aromatic carbocycles. The normalized spacial score (nSPS) is 9.73. The molecule has 80 valence electrons. The first-order valence-corrected chi connectivity index (χ1v) is 4.85. The van der Waals surface area contributed by atoms with Crippen LogP contribution in [0, 0.1) is 24.0 Å². The molecule has 0 amide bonds. The predicted molar refractivity (Wildman–Crippen MR) is 57.9 cm³/mol. The van der Waals surface area contributed by atoms with Crippen molar-refractivity contribution >= 4 is 17.3 Å². The largest absolute Gasteiger partial charge is 0.381 e. The van der Waals surface area contributed by atoms with Crippen molar-refractivity contribution in [1.29, 1.82) is 0 Å². The number of hydrogen-bond donors (Lipinski definition) is 1. The maximum Gasteiger partial charge on any atom is 0.150 e. The highest BCUT2D eigenvalue weighted by molar-refractivity contribution is 6.33. The number of anilines is 1. The third kappa shape index (κ3) is 3.41. The van der Waals surface area contributed by atoms with Crippen LogP contribution >= 0.6 is 11.6 Å². The summed E-state index contributed by atoms with van der Waals surface area (Å²) >= 11 is 5.66. The van der Waals surface area contributed by atoms with Gasteiger partial charge in [0, 0.05) is 19.0 Å². The summed E-state index contributed by atoms with van der Waals surface area (Å²) in [6.45, 7) is 0.506. The van der Waals surface area contributed by atoms with Crippen LogP contribution in [0.4, 0.5) is 14.5 Å². The van der Waals surface area contributed by atoms with Crippen LogP contribution in [0.2, 0.25) is 5.02 Å². The van der Waals surface area contributed by atoms with E-state index >= 15 is 0 Å². The van der Waals surface area contributed by atoms with Gasteiger partial charge in [0.1, 0.15) is 5.82 Å². The van der Waals surface area contributed by atoms with E-state index in [1.807, 2.05) is 0 Å². The van der Waals surface area contributed by atoms with Crippen LogP contribution < -0.4 is 5.32 Å². The second-order valence-electron chi connectivity index (χ2n) is 2.98. The molecule has 4 heteroatoms. The third-order valence-electron chi connectivity index (χ3n) is 1.81. The van der Waals surface area contributed by atoms with Gasteiger partial charge >= 0.3 is 0 Å². The number of nitrogens with one attached hydrogen (secondary N) is 1. The predicted octanol–water partition coefficient (Wildman–Crippen LogP) is 3.44. The molecule has 0 atom stereocenters. The average Bonchev–Trinajstić information content (AvgIpc) is 2.15. The van der Waals surface area contributed by atoms with Crippen LogP contribution in [0.1, 0.15) is 12.8 Å². The van der Waals surface area contributed by atoms with Crippen molar-refractivity contribution in [2.45, 2.75) is 12.8 Å². The van der Waals surface area contributed by atoms with E-state index in [2.05, 4.69) is 11.2 Å². The summed E-state index contributed by atoms with van der Waals surface area (Å²) in [5.74, 6) is 1.08. The van der Waals surface area contributed by atoms with Gasteiger partial charge in [-0.25, -0.2) is 8.78 Å². The molecule has 1 rings (SSSR count). The van der Waals surface area contributed by atoms with Crippen LogP contribution in [0.25, 0.3) is 0 Å². The number of benzene rings is 1. The van der Waals surface area contributed by atoms with E-state index in [4.69, 9.17) is 18.0 Å². The van der Waals surface area contributed by atoms with Crippen molar-refractivity contribution in [2.75, 3.05) is 11.9 Å². The van der Waals surface area contributed by atoms with Gasteiger partial charge in [0.15, 0.2) is 5.82 Å². The first-order valence-electron chi connectivity index (χ1n) is 4.47. The van der Waals surface area contributed by atoms with Crippen molar-refractivity contribution in [2.24, 2.45) is 0 Å². The monoisotopic (exact) mass is 229 g/mol. The second-order valence-corrected chi connectivity index (χ2v) is 3.39. The molecule has 0 unspecified atom stereocenters. The summed E-state index contributed by atoms with van der Waals surface area (Å²) in [6, 6.07) is 1.85. The lowest BCUT2D eigenvalue weighted by atomic mass is 10.2. The second kappa shape index (κ2) is 5.57. The summed E-state index contributed by atoms with van der Waals surface area (Å²) in [7, 11) is 0. The number of rotatable bonds is 4. The van der Waals surface area contributed by atoms with Gasteiger partial charge < -0.3 is 5.32 Å². The molecule has 0 fully saturated rings. The Bertz CT molecular complexity index is 362. The van der Waals surface area contributed by atoms with Crippen molar-refractivity contribution in [3.05, 3.63) is 28.8 Å². The number of hydrogen-bond acceptors (Lipinski definition) is 1. The molecular weight excluding hydrogens is 220 g/mol. The van der Waals surface area contributed by atoms with E-state index in [0.29, 0.717) is 19.4 Å². The molecule has 1 nitrogen and oxygen atoms in total. The quantitative estimate of drug-likeness (QED) is 0.616. The van der Waals surface area contributed by atoms with Gasteiger partial charge in [-0.1, -0.05) is 11.6 Å². The SMILES string of the molecule is C#CCCCNc1c(F)cc(F)cc1Cl. The van der Waals surface area contributed by atoms with Gasteiger partial charge in [-0.05, 0) is 12.5 Å². The minimum Gasteiger partial charge on any atom is -0.381 e. The molecule has 0 saturated heterocycles. The molecule has 0 aromatic heterocycles. The van der Waals surface area contributed by atoms with Crippen LogP contribution in [0.15, 0.2) is 12.1 Å². The Morgan fingerprint density at radius 3 is 2.73 bits per heavy atom. The van der Waals surface area contributed by atoms with Gasteiger partial charge in [0.2, 0.25) is 0 Å². The molecule has 1 aromatic rings. The Hall–Kier alpha value is -1.27. The molecule has 15 heavy (non-hydrogen) atoms. The first-order chi connectivity index (χ1) is 7.15. The average molecular weight is 230 g/mol. The molecule has 0 radical (unpaired) electrons. The molecule has 0 heterocycles. The zero-order chi connectivity index (χ0) is 11.3. The Morgan fingerprint density at radius 2 is 2.13 bits per heavy atom. The zero-order valence-corrected chi connectivity index (χ0v) is 8.74. The lowest BCUT2D eigenvalue weighted by molar-refractivity contribution is 0.585. The molecule has 1 N–H and O–H groups in total. The van der Waals surface area contributed by atoms with Gasteiger partial charge in [-0.3, -0.25) is 0 Å². The molecule has 0 saturated carbocycles. The molecule has 0 aliphatic carbocycles. The fourth-order valence-corrected chi connectivity index (χ4v) is 1.38. The minimum absolute atomic E-state index is 0.0354. The number of terminal acetylenes is 1. The fraction of sp³-hybridized carbons (Fsp3) is 0.273. The van der Waals surface area contributed by atoms with E-state index in [9.17, 15) is 8.78 Å². The number of halogens is 3. The molecule has 0 bridgehead atoms. The summed E-state index contributed by atoms with van der Waals surface area (Å²) < 4.78 is 25.9. The van der Waals surface area contributed by atoms with Crippen molar-refractivity contribution in [3.63, 3.8) is 0 Å². The summed E-state index contributed by atoms with van der Waals surface area (Å²) in [6.07, 6.45) is 6.38. The summed E-state index contributed by atoms with van der Waals surface area (Å²) in [4.78, 5) is 0.